The second-order valence-corrected chi connectivity index (χ2v) is 6.96. The predicted molar refractivity (Wildman–Crippen MR) is 68.6 cm³/mol. The maximum Gasteiger partial charge on any atom is 0.238 e. The number of halogens is 1. The van der Waals surface area contributed by atoms with Gasteiger partial charge in [0.1, 0.15) is 11.1 Å². The number of hydrogen-bond donors (Lipinski definition) is 2. The van der Waals surface area contributed by atoms with Gasteiger partial charge < -0.3 is 11.1 Å². The molecule has 104 valence electrons. The van der Waals surface area contributed by atoms with Crippen LogP contribution < -0.4 is 11.1 Å². The smallest absolute Gasteiger partial charge is 0.238 e. The van der Waals surface area contributed by atoms with Crippen molar-refractivity contribution in [3.8, 4) is 0 Å². The maximum absolute atomic E-state index is 13.2. The number of amides is 1. The molecule has 19 heavy (non-hydrogen) atoms. The highest BCUT2D eigenvalue weighted by Gasteiger charge is 2.33. The lowest BCUT2D eigenvalue weighted by Crippen LogP contribution is -2.39. The number of anilines is 1. The summed E-state index contributed by atoms with van der Waals surface area (Å²) in [6.07, 6.45) is 1.73. The van der Waals surface area contributed by atoms with Gasteiger partial charge in [-0.1, -0.05) is 0 Å². The van der Waals surface area contributed by atoms with Crippen molar-refractivity contribution in [3.05, 3.63) is 24.0 Å². The second kappa shape index (κ2) is 4.80. The number of benzene rings is 1. The lowest BCUT2D eigenvalue weighted by atomic mass is 10.3. The molecule has 0 bridgehead atoms. The van der Waals surface area contributed by atoms with Crippen LogP contribution in [0.3, 0.4) is 0 Å². The summed E-state index contributed by atoms with van der Waals surface area (Å²) in [5, 5.41) is 1.35. The molecule has 1 fully saturated rings. The summed E-state index contributed by atoms with van der Waals surface area (Å²) < 4.78 is 37.6. The van der Waals surface area contributed by atoms with Crippen molar-refractivity contribution in [2.45, 2.75) is 36.0 Å². The Labute approximate surface area is 110 Å². The molecule has 1 aliphatic rings. The van der Waals surface area contributed by atoms with Crippen LogP contribution in [0, 0.1) is 5.82 Å². The first-order valence-corrected chi connectivity index (χ1v) is 7.45. The van der Waals surface area contributed by atoms with E-state index in [4.69, 9.17) is 5.73 Å². The van der Waals surface area contributed by atoms with Gasteiger partial charge in [-0.15, -0.1) is 0 Å². The Morgan fingerprint density at radius 3 is 2.58 bits per heavy atom. The molecule has 0 aromatic heterocycles. The van der Waals surface area contributed by atoms with Crippen LogP contribution in [0.2, 0.25) is 0 Å². The first-order valence-electron chi connectivity index (χ1n) is 5.91. The standard InChI is InChI=1S/C12H15FN2O3S/c1-7(12(16)15-10-2-3-10)19(17,18)11-5-8(13)4-9(14)6-11/h4-7,10H,2-3,14H2,1H3,(H,15,16). The Bertz CT molecular complexity index is 591. The van der Waals surface area contributed by atoms with Crippen LogP contribution in [-0.4, -0.2) is 25.6 Å². The topological polar surface area (TPSA) is 89.3 Å². The molecule has 1 aromatic carbocycles. The largest absolute Gasteiger partial charge is 0.399 e. The van der Waals surface area contributed by atoms with Crippen molar-refractivity contribution in [2.24, 2.45) is 0 Å². The molecule has 2 rings (SSSR count). The summed E-state index contributed by atoms with van der Waals surface area (Å²) in [6, 6.07) is 3.11. The molecule has 0 aliphatic heterocycles. The Hall–Kier alpha value is -1.63. The average molecular weight is 286 g/mol. The van der Waals surface area contributed by atoms with Gasteiger partial charge in [-0.3, -0.25) is 4.79 Å². The van der Waals surface area contributed by atoms with E-state index in [1.54, 1.807) is 0 Å². The maximum atomic E-state index is 13.2. The minimum atomic E-state index is -3.93. The van der Waals surface area contributed by atoms with Crippen LogP contribution in [0.15, 0.2) is 23.1 Å². The molecule has 1 saturated carbocycles. The van der Waals surface area contributed by atoms with E-state index in [2.05, 4.69) is 5.32 Å². The molecule has 1 unspecified atom stereocenters. The quantitative estimate of drug-likeness (QED) is 0.803. The van der Waals surface area contributed by atoms with Crippen LogP contribution in [0.5, 0.6) is 0 Å². The Morgan fingerprint density at radius 1 is 1.42 bits per heavy atom. The van der Waals surface area contributed by atoms with Gasteiger partial charge >= 0.3 is 0 Å². The minimum absolute atomic E-state index is 0.00776. The van der Waals surface area contributed by atoms with Gasteiger partial charge in [0.15, 0.2) is 9.84 Å². The first-order chi connectivity index (χ1) is 8.80. The highest BCUT2D eigenvalue weighted by molar-refractivity contribution is 7.92. The van der Waals surface area contributed by atoms with Crippen LogP contribution in [0.1, 0.15) is 19.8 Å². The Morgan fingerprint density at radius 2 is 2.05 bits per heavy atom. The average Bonchev–Trinajstić information content (AvgIpc) is 3.10. The number of carbonyl (C=O) groups is 1. The van der Waals surface area contributed by atoms with Gasteiger partial charge in [0, 0.05) is 11.7 Å². The number of nitrogen functional groups attached to an aromatic ring is 1. The molecule has 1 aliphatic carbocycles. The summed E-state index contributed by atoms with van der Waals surface area (Å²) >= 11 is 0. The van der Waals surface area contributed by atoms with E-state index < -0.39 is 26.8 Å². The SMILES string of the molecule is CC(C(=O)NC1CC1)S(=O)(=O)c1cc(N)cc(F)c1. The number of nitrogens with one attached hydrogen (secondary N) is 1. The zero-order valence-corrected chi connectivity index (χ0v) is 11.2. The number of nitrogens with two attached hydrogens (primary N) is 1. The van der Waals surface area contributed by atoms with Crippen molar-refractivity contribution in [2.75, 3.05) is 5.73 Å². The van der Waals surface area contributed by atoms with E-state index in [0.717, 1.165) is 31.0 Å². The normalized spacial score (nSPS) is 16.9. The predicted octanol–water partition coefficient (Wildman–Crippen LogP) is 0.849. The molecule has 1 atom stereocenters. The number of hydrogen-bond acceptors (Lipinski definition) is 4. The van der Waals surface area contributed by atoms with E-state index in [-0.39, 0.29) is 16.6 Å². The zero-order valence-electron chi connectivity index (χ0n) is 10.4. The van der Waals surface area contributed by atoms with Crippen molar-refractivity contribution >= 4 is 21.4 Å². The van der Waals surface area contributed by atoms with Crippen LogP contribution in [0.25, 0.3) is 0 Å². The van der Waals surface area contributed by atoms with Crippen molar-refractivity contribution in [1.82, 2.24) is 5.32 Å². The molecular weight excluding hydrogens is 271 g/mol. The van der Waals surface area contributed by atoms with E-state index >= 15 is 0 Å². The Kier molecular flexibility index (Phi) is 3.49. The fourth-order valence-electron chi connectivity index (χ4n) is 1.64. The lowest BCUT2D eigenvalue weighted by molar-refractivity contribution is -0.120. The minimum Gasteiger partial charge on any atom is -0.399 e. The zero-order chi connectivity index (χ0) is 14.2. The van der Waals surface area contributed by atoms with E-state index in [0.29, 0.717) is 0 Å². The molecule has 1 aromatic rings. The molecule has 0 spiro atoms. The lowest BCUT2D eigenvalue weighted by Gasteiger charge is -2.13. The molecule has 0 saturated heterocycles. The highest BCUT2D eigenvalue weighted by atomic mass is 32.2. The van der Waals surface area contributed by atoms with Gasteiger partial charge in [0.05, 0.1) is 4.90 Å². The van der Waals surface area contributed by atoms with Crippen molar-refractivity contribution in [1.29, 1.82) is 0 Å². The summed E-state index contributed by atoms with van der Waals surface area (Å²) in [6.45, 7) is 1.29. The molecule has 0 heterocycles. The van der Waals surface area contributed by atoms with E-state index in [1.165, 1.54) is 6.92 Å². The van der Waals surface area contributed by atoms with Crippen LogP contribution in [0.4, 0.5) is 10.1 Å². The van der Waals surface area contributed by atoms with Gasteiger partial charge in [0.2, 0.25) is 5.91 Å². The Balaban J connectivity index is 2.27. The van der Waals surface area contributed by atoms with Crippen LogP contribution >= 0.6 is 0 Å². The molecule has 3 N–H and O–H groups in total. The highest BCUT2D eigenvalue weighted by Crippen LogP contribution is 2.23. The monoisotopic (exact) mass is 286 g/mol. The molecular formula is C12H15FN2O3S. The molecule has 1 amide bonds. The third-order valence-corrected chi connectivity index (χ3v) is 5.02. The molecule has 0 radical (unpaired) electrons. The first kappa shape index (κ1) is 13.8. The van der Waals surface area contributed by atoms with Gasteiger partial charge in [-0.2, -0.15) is 0 Å². The fourth-order valence-corrected chi connectivity index (χ4v) is 2.98. The van der Waals surface area contributed by atoms with Crippen molar-refractivity contribution < 1.29 is 17.6 Å². The third kappa shape index (κ3) is 3.04. The van der Waals surface area contributed by atoms with Crippen molar-refractivity contribution in [3.63, 3.8) is 0 Å². The van der Waals surface area contributed by atoms with E-state index in [1.807, 2.05) is 0 Å². The molecule has 5 nitrogen and oxygen atoms in total. The second-order valence-electron chi connectivity index (χ2n) is 4.69. The number of rotatable bonds is 4. The van der Waals surface area contributed by atoms with Crippen LogP contribution in [-0.2, 0) is 14.6 Å². The third-order valence-electron chi connectivity index (χ3n) is 2.98. The van der Waals surface area contributed by atoms with Gasteiger partial charge in [-0.05, 0) is 38.0 Å². The summed E-state index contributed by atoms with van der Waals surface area (Å²) in [4.78, 5) is 11.5. The molecule has 7 heteroatoms. The summed E-state index contributed by atoms with van der Waals surface area (Å²) in [5.41, 5.74) is 5.43. The van der Waals surface area contributed by atoms with Gasteiger partial charge in [0.25, 0.3) is 0 Å². The fraction of sp³-hybridized carbons (Fsp3) is 0.417. The number of sulfone groups is 1. The van der Waals surface area contributed by atoms with Gasteiger partial charge in [-0.25, -0.2) is 12.8 Å². The summed E-state index contributed by atoms with van der Waals surface area (Å²) in [5.74, 6) is -1.31. The van der Waals surface area contributed by atoms with E-state index in [9.17, 15) is 17.6 Å². The summed E-state index contributed by atoms with van der Waals surface area (Å²) in [7, 11) is -3.93. The number of carbonyl (C=O) groups excluding carboxylic acids is 1.